The van der Waals surface area contributed by atoms with Crippen LogP contribution in [0, 0.1) is 6.92 Å². The normalized spacial score (nSPS) is 16.3. The van der Waals surface area contributed by atoms with Crippen LogP contribution in [-0.2, 0) is 6.54 Å². The van der Waals surface area contributed by atoms with Gasteiger partial charge in [-0.05, 0) is 51.3 Å². The van der Waals surface area contributed by atoms with Crippen molar-refractivity contribution in [3.05, 3.63) is 47.5 Å². The highest BCUT2D eigenvalue weighted by Crippen LogP contribution is 2.40. The van der Waals surface area contributed by atoms with Crippen molar-refractivity contribution in [2.75, 3.05) is 12.4 Å². The van der Waals surface area contributed by atoms with Crippen LogP contribution in [0.15, 0.2) is 35.0 Å². The van der Waals surface area contributed by atoms with E-state index in [2.05, 4.69) is 46.6 Å². The second-order valence-corrected chi connectivity index (χ2v) is 7.60. The molecule has 2 heterocycles. The molecule has 0 amide bonds. The molecule has 0 spiro atoms. The van der Waals surface area contributed by atoms with Gasteiger partial charge in [0.05, 0.1) is 12.5 Å². The molecule has 1 aliphatic rings. The second-order valence-electron chi connectivity index (χ2n) is 7.60. The first kappa shape index (κ1) is 17.8. The van der Waals surface area contributed by atoms with Crippen molar-refractivity contribution >= 4 is 16.9 Å². The van der Waals surface area contributed by atoms with Gasteiger partial charge in [-0.3, -0.25) is 0 Å². The van der Waals surface area contributed by atoms with Crippen molar-refractivity contribution in [1.29, 1.82) is 0 Å². The summed E-state index contributed by atoms with van der Waals surface area (Å²) in [6.07, 6.45) is 3.89. The number of benzene rings is 1. The monoisotopic (exact) mass is 366 g/mol. The third kappa shape index (κ3) is 3.62. The first-order chi connectivity index (χ1) is 13.0. The fourth-order valence-corrected chi connectivity index (χ4v) is 3.29. The van der Waals surface area contributed by atoms with E-state index in [1.54, 1.807) is 13.4 Å². The summed E-state index contributed by atoms with van der Waals surface area (Å²) in [4.78, 5) is 8.81. The summed E-state index contributed by atoms with van der Waals surface area (Å²) < 4.78 is 11.2. The van der Waals surface area contributed by atoms with Gasteiger partial charge in [-0.15, -0.1) is 0 Å². The second kappa shape index (κ2) is 6.85. The lowest BCUT2D eigenvalue weighted by molar-refractivity contribution is 0.413. The van der Waals surface area contributed by atoms with E-state index in [4.69, 9.17) is 9.15 Å². The summed E-state index contributed by atoms with van der Waals surface area (Å²) in [6, 6.07) is 8.30. The topological polar surface area (TPSA) is 72.2 Å². The van der Waals surface area contributed by atoms with Crippen LogP contribution in [0.5, 0.6) is 5.75 Å². The molecule has 6 heteroatoms. The molecule has 0 radical (unpaired) electrons. The third-order valence-electron chi connectivity index (χ3n) is 5.39. The third-order valence-corrected chi connectivity index (χ3v) is 5.39. The summed E-state index contributed by atoms with van der Waals surface area (Å²) >= 11 is 0. The molecule has 0 aliphatic heterocycles. The number of nitrogens with one attached hydrogen (secondary N) is 2. The molecule has 1 aliphatic carbocycles. The van der Waals surface area contributed by atoms with Crippen molar-refractivity contribution in [3.8, 4) is 5.75 Å². The highest BCUT2D eigenvalue weighted by Gasteiger charge is 2.38. The lowest BCUT2D eigenvalue weighted by atomic mass is 10.1. The average Bonchev–Trinajstić information content (AvgIpc) is 3.30. The maximum Gasteiger partial charge on any atom is 0.231 e. The Morgan fingerprint density at radius 3 is 2.85 bits per heavy atom. The first-order valence-electron chi connectivity index (χ1n) is 9.37. The number of aromatic nitrogens is 2. The maximum absolute atomic E-state index is 5.90. The fourth-order valence-electron chi connectivity index (χ4n) is 3.29. The van der Waals surface area contributed by atoms with Gasteiger partial charge in [0, 0.05) is 23.7 Å². The van der Waals surface area contributed by atoms with E-state index in [-0.39, 0.29) is 11.6 Å². The summed E-state index contributed by atoms with van der Waals surface area (Å²) in [5.74, 6) is 2.60. The van der Waals surface area contributed by atoms with Gasteiger partial charge in [-0.25, -0.2) is 9.97 Å². The Hall–Kier alpha value is -2.60. The number of ether oxygens (including phenoxy) is 1. The molecule has 4 rings (SSSR count). The molecule has 1 aromatic carbocycles. The molecule has 1 saturated carbocycles. The molecule has 1 fully saturated rings. The molecule has 142 valence electrons. The standard InChI is InChI=1S/C21H26N4O2/c1-13(15-6-5-7-16(10-15)26-4)22-11-17-14(2)27-20-18(17)19(23-12-24-20)25-21(3)8-9-21/h5-7,10,12-13,22H,8-9,11H2,1-4H3,(H,23,24,25)/t13-/m0/s1. The lowest BCUT2D eigenvalue weighted by Crippen LogP contribution is -2.20. The van der Waals surface area contributed by atoms with Gasteiger partial charge in [-0.2, -0.15) is 0 Å². The Morgan fingerprint density at radius 2 is 2.11 bits per heavy atom. The first-order valence-corrected chi connectivity index (χ1v) is 9.37. The van der Waals surface area contributed by atoms with E-state index in [9.17, 15) is 0 Å². The van der Waals surface area contributed by atoms with E-state index >= 15 is 0 Å². The Morgan fingerprint density at radius 1 is 1.30 bits per heavy atom. The summed E-state index contributed by atoms with van der Waals surface area (Å²) in [7, 11) is 1.69. The van der Waals surface area contributed by atoms with E-state index in [0.717, 1.165) is 41.1 Å². The zero-order chi connectivity index (χ0) is 19.0. The van der Waals surface area contributed by atoms with Crippen LogP contribution in [0.1, 0.15) is 49.6 Å². The molecule has 2 aromatic heterocycles. The number of rotatable bonds is 7. The predicted molar refractivity (Wildman–Crippen MR) is 106 cm³/mol. The SMILES string of the molecule is COc1cccc([C@H](C)NCc2c(C)oc3ncnc(NC4(C)CC4)c23)c1. The minimum Gasteiger partial charge on any atom is -0.497 e. The Bertz CT molecular complexity index is 962. The van der Waals surface area contributed by atoms with E-state index in [1.807, 2.05) is 19.1 Å². The van der Waals surface area contributed by atoms with Gasteiger partial charge in [0.25, 0.3) is 0 Å². The van der Waals surface area contributed by atoms with Crippen molar-refractivity contribution < 1.29 is 9.15 Å². The average molecular weight is 366 g/mol. The van der Waals surface area contributed by atoms with Crippen molar-refractivity contribution in [2.24, 2.45) is 0 Å². The molecule has 0 bridgehead atoms. The minimum atomic E-state index is 0.144. The highest BCUT2D eigenvalue weighted by molar-refractivity contribution is 5.90. The Balaban J connectivity index is 1.58. The number of anilines is 1. The van der Waals surface area contributed by atoms with Crippen molar-refractivity contribution in [3.63, 3.8) is 0 Å². The molecule has 2 N–H and O–H groups in total. The van der Waals surface area contributed by atoms with Gasteiger partial charge < -0.3 is 19.8 Å². The Kier molecular flexibility index (Phi) is 4.52. The summed E-state index contributed by atoms with van der Waals surface area (Å²) in [5.41, 5.74) is 3.07. The molecule has 6 nitrogen and oxygen atoms in total. The number of aryl methyl sites for hydroxylation is 1. The molecule has 3 aromatic rings. The number of fused-ring (bicyclic) bond motifs is 1. The summed E-state index contributed by atoms with van der Waals surface area (Å²) in [5, 5.41) is 8.14. The van der Waals surface area contributed by atoms with Crippen LogP contribution in [0.4, 0.5) is 5.82 Å². The largest absolute Gasteiger partial charge is 0.497 e. The van der Waals surface area contributed by atoms with Crippen LogP contribution >= 0.6 is 0 Å². The van der Waals surface area contributed by atoms with Gasteiger partial charge in [-0.1, -0.05) is 12.1 Å². The smallest absolute Gasteiger partial charge is 0.231 e. The molecular weight excluding hydrogens is 340 g/mol. The summed E-state index contributed by atoms with van der Waals surface area (Å²) in [6.45, 7) is 7.03. The quantitative estimate of drug-likeness (QED) is 0.647. The van der Waals surface area contributed by atoms with Crippen molar-refractivity contribution in [2.45, 2.75) is 51.7 Å². The van der Waals surface area contributed by atoms with Gasteiger partial charge in [0.1, 0.15) is 23.7 Å². The zero-order valence-electron chi connectivity index (χ0n) is 16.3. The van der Waals surface area contributed by atoms with Gasteiger partial charge in [0.2, 0.25) is 5.71 Å². The molecule has 0 saturated heterocycles. The number of hydrogen-bond acceptors (Lipinski definition) is 6. The van der Waals surface area contributed by atoms with Gasteiger partial charge >= 0.3 is 0 Å². The molecule has 0 unspecified atom stereocenters. The molecule has 1 atom stereocenters. The Labute approximate surface area is 159 Å². The molecular formula is C21H26N4O2. The number of nitrogens with zero attached hydrogens (tertiary/aromatic N) is 2. The fraction of sp³-hybridized carbons (Fsp3) is 0.429. The number of methoxy groups -OCH3 is 1. The predicted octanol–water partition coefficient (Wildman–Crippen LogP) is 4.36. The van der Waals surface area contributed by atoms with E-state index in [0.29, 0.717) is 12.3 Å². The van der Waals surface area contributed by atoms with Crippen LogP contribution in [0.3, 0.4) is 0 Å². The van der Waals surface area contributed by atoms with Crippen LogP contribution in [0.2, 0.25) is 0 Å². The maximum atomic E-state index is 5.90. The van der Waals surface area contributed by atoms with Crippen LogP contribution in [-0.4, -0.2) is 22.6 Å². The highest BCUT2D eigenvalue weighted by atomic mass is 16.5. The minimum absolute atomic E-state index is 0.144. The van der Waals surface area contributed by atoms with Crippen LogP contribution < -0.4 is 15.4 Å². The van der Waals surface area contributed by atoms with E-state index < -0.39 is 0 Å². The zero-order valence-corrected chi connectivity index (χ0v) is 16.3. The van der Waals surface area contributed by atoms with Crippen molar-refractivity contribution in [1.82, 2.24) is 15.3 Å². The number of furan rings is 1. The van der Waals surface area contributed by atoms with Crippen LogP contribution in [0.25, 0.3) is 11.1 Å². The lowest BCUT2D eigenvalue weighted by Gasteiger charge is -2.16. The van der Waals surface area contributed by atoms with E-state index in [1.165, 1.54) is 5.56 Å². The van der Waals surface area contributed by atoms with Gasteiger partial charge in [0.15, 0.2) is 0 Å². The molecule has 27 heavy (non-hydrogen) atoms. The number of hydrogen-bond donors (Lipinski definition) is 2.